The highest BCUT2D eigenvalue weighted by Gasteiger charge is 2.48. The SMILES string of the molecule is CC1(C)c2cc(N(c3ccccc3)c3ccc4ccccc4c3)c3ccccc3c2-c2cc3c4c(c21)Oc1ccccc1B4c1ccccc1O3. The lowest BCUT2D eigenvalue weighted by Gasteiger charge is -2.36. The van der Waals surface area contributed by atoms with Crippen molar-refractivity contribution in [1.82, 2.24) is 0 Å². The summed E-state index contributed by atoms with van der Waals surface area (Å²) in [7, 11) is 0. The van der Waals surface area contributed by atoms with Crippen LogP contribution in [0.1, 0.15) is 25.0 Å². The number of fused-ring (bicyclic) bond motifs is 11. The number of ether oxygens (including phenoxy) is 2. The van der Waals surface area contributed by atoms with E-state index in [-0.39, 0.29) is 12.1 Å². The summed E-state index contributed by atoms with van der Waals surface area (Å²) in [6.45, 7) is 4.75. The molecule has 0 N–H and O–H groups in total. The standard InChI is InChI=1S/C47H32BNO2/c1-47(2)36-28-39(49(31-16-4-3-5-17-31)32-25-24-29-14-6-7-15-30(29)26-32)33-18-8-9-19-34(33)43(36)35-27-42-45-46(44(35)47)51-41-23-13-11-21-38(41)48(45)37-20-10-12-22-40(37)50-42/h3-28H,1-2H3. The molecule has 4 heteroatoms. The van der Waals surface area contributed by atoms with E-state index in [2.05, 4.69) is 176 Å². The number of rotatable bonds is 3. The van der Waals surface area contributed by atoms with Crippen molar-refractivity contribution in [3.05, 3.63) is 169 Å². The summed E-state index contributed by atoms with van der Waals surface area (Å²) in [6.07, 6.45) is 0. The fourth-order valence-electron chi connectivity index (χ4n) is 9.04. The van der Waals surface area contributed by atoms with Gasteiger partial charge in [-0.1, -0.05) is 123 Å². The van der Waals surface area contributed by atoms with Crippen molar-refractivity contribution in [1.29, 1.82) is 0 Å². The van der Waals surface area contributed by atoms with Crippen LogP contribution in [0.5, 0.6) is 23.0 Å². The molecular weight excluding hydrogens is 621 g/mol. The Morgan fingerprint density at radius 3 is 1.96 bits per heavy atom. The zero-order valence-corrected chi connectivity index (χ0v) is 28.4. The Kier molecular flexibility index (Phi) is 5.82. The Hall–Kier alpha value is -6.26. The van der Waals surface area contributed by atoms with E-state index in [1.54, 1.807) is 0 Å². The van der Waals surface area contributed by atoms with Crippen LogP contribution in [0.2, 0.25) is 0 Å². The molecule has 11 rings (SSSR count). The molecule has 3 nitrogen and oxygen atoms in total. The van der Waals surface area contributed by atoms with E-state index in [0.717, 1.165) is 45.5 Å². The molecule has 0 unspecified atom stereocenters. The van der Waals surface area contributed by atoms with Gasteiger partial charge < -0.3 is 14.4 Å². The second kappa shape index (κ2) is 10.4. The van der Waals surface area contributed by atoms with Gasteiger partial charge in [0.15, 0.2) is 0 Å². The van der Waals surface area contributed by atoms with Crippen LogP contribution >= 0.6 is 0 Å². The van der Waals surface area contributed by atoms with Gasteiger partial charge in [0.05, 0.1) is 5.69 Å². The third-order valence-electron chi connectivity index (χ3n) is 11.3. The van der Waals surface area contributed by atoms with Crippen LogP contribution < -0.4 is 30.8 Å². The number of nitrogens with zero attached hydrogens (tertiary/aromatic N) is 1. The van der Waals surface area contributed by atoms with Crippen LogP contribution in [-0.4, -0.2) is 6.71 Å². The lowest BCUT2D eigenvalue weighted by molar-refractivity contribution is 0.453. The Morgan fingerprint density at radius 2 is 1.18 bits per heavy atom. The summed E-state index contributed by atoms with van der Waals surface area (Å²) in [6, 6.07) is 56.7. The highest BCUT2D eigenvalue weighted by molar-refractivity contribution is 6.98. The first kappa shape index (κ1) is 28.6. The number of hydrogen-bond acceptors (Lipinski definition) is 3. The summed E-state index contributed by atoms with van der Waals surface area (Å²) in [4.78, 5) is 2.42. The topological polar surface area (TPSA) is 21.7 Å². The Bertz CT molecular complexity index is 2740. The van der Waals surface area contributed by atoms with Crippen LogP contribution in [0.3, 0.4) is 0 Å². The van der Waals surface area contributed by atoms with Gasteiger partial charge in [-0.3, -0.25) is 0 Å². The summed E-state index contributed by atoms with van der Waals surface area (Å²) >= 11 is 0. The summed E-state index contributed by atoms with van der Waals surface area (Å²) in [5.74, 6) is 3.63. The van der Waals surface area contributed by atoms with E-state index in [1.165, 1.54) is 54.7 Å². The Labute approximate surface area is 297 Å². The van der Waals surface area contributed by atoms with Gasteiger partial charge in [-0.25, -0.2) is 0 Å². The molecule has 2 aliphatic heterocycles. The largest absolute Gasteiger partial charge is 0.458 e. The Balaban J connectivity index is 1.20. The molecular formula is C47H32BNO2. The number of anilines is 3. The van der Waals surface area contributed by atoms with Gasteiger partial charge in [0.1, 0.15) is 23.0 Å². The van der Waals surface area contributed by atoms with E-state index in [1.807, 2.05) is 0 Å². The first-order chi connectivity index (χ1) is 25.1. The number of hydrogen-bond donors (Lipinski definition) is 0. The minimum Gasteiger partial charge on any atom is -0.458 e. The molecule has 1 aliphatic carbocycles. The first-order valence-electron chi connectivity index (χ1n) is 17.7. The molecule has 0 atom stereocenters. The van der Waals surface area contributed by atoms with Gasteiger partial charge in [-0.2, -0.15) is 0 Å². The van der Waals surface area contributed by atoms with Crippen molar-refractivity contribution < 1.29 is 9.47 Å². The zero-order chi connectivity index (χ0) is 33.8. The van der Waals surface area contributed by atoms with Crippen molar-refractivity contribution in [2.24, 2.45) is 0 Å². The monoisotopic (exact) mass is 653 g/mol. The fraction of sp³-hybridized carbons (Fsp3) is 0.0638. The fourth-order valence-corrected chi connectivity index (χ4v) is 9.04. The van der Waals surface area contributed by atoms with Gasteiger partial charge in [0.2, 0.25) is 0 Å². The molecule has 0 radical (unpaired) electrons. The first-order valence-corrected chi connectivity index (χ1v) is 17.7. The van der Waals surface area contributed by atoms with E-state index < -0.39 is 0 Å². The normalized spacial score (nSPS) is 14.1. The van der Waals surface area contributed by atoms with Crippen LogP contribution in [0.4, 0.5) is 17.1 Å². The summed E-state index contributed by atoms with van der Waals surface area (Å²) in [5, 5.41) is 4.85. The maximum absolute atomic E-state index is 7.03. The highest BCUT2D eigenvalue weighted by Crippen LogP contribution is 2.58. The zero-order valence-electron chi connectivity index (χ0n) is 28.4. The maximum atomic E-state index is 7.03. The van der Waals surface area contributed by atoms with Crippen molar-refractivity contribution in [2.45, 2.75) is 19.3 Å². The van der Waals surface area contributed by atoms with Crippen molar-refractivity contribution in [2.75, 3.05) is 4.90 Å². The molecule has 8 aromatic carbocycles. The van der Waals surface area contributed by atoms with Gasteiger partial charge in [-0.05, 0) is 92.3 Å². The molecule has 51 heavy (non-hydrogen) atoms. The van der Waals surface area contributed by atoms with Crippen molar-refractivity contribution in [3.8, 4) is 34.1 Å². The predicted molar refractivity (Wildman–Crippen MR) is 211 cm³/mol. The third-order valence-corrected chi connectivity index (χ3v) is 11.3. The van der Waals surface area contributed by atoms with Gasteiger partial charge in [0, 0.05) is 33.2 Å². The molecule has 0 saturated carbocycles. The lowest BCUT2D eigenvalue weighted by Crippen LogP contribution is -2.57. The van der Waals surface area contributed by atoms with E-state index >= 15 is 0 Å². The smallest absolute Gasteiger partial charge is 0.260 e. The van der Waals surface area contributed by atoms with Gasteiger partial charge >= 0.3 is 0 Å². The quantitative estimate of drug-likeness (QED) is 0.177. The second-order valence-corrected chi connectivity index (χ2v) is 14.4. The molecule has 0 amide bonds. The molecule has 240 valence electrons. The molecule has 2 heterocycles. The maximum Gasteiger partial charge on any atom is 0.260 e. The van der Waals surface area contributed by atoms with E-state index in [4.69, 9.17) is 9.47 Å². The minimum atomic E-state index is -0.368. The molecule has 0 spiro atoms. The van der Waals surface area contributed by atoms with Crippen LogP contribution in [0, 0.1) is 0 Å². The number of para-hydroxylation sites is 3. The van der Waals surface area contributed by atoms with Gasteiger partial charge in [0.25, 0.3) is 6.71 Å². The van der Waals surface area contributed by atoms with Crippen molar-refractivity contribution >= 4 is 61.7 Å². The lowest BCUT2D eigenvalue weighted by atomic mass is 9.34. The summed E-state index contributed by atoms with van der Waals surface area (Å²) < 4.78 is 13.8. The van der Waals surface area contributed by atoms with Crippen LogP contribution in [-0.2, 0) is 5.41 Å². The Morgan fingerprint density at radius 1 is 0.529 bits per heavy atom. The molecule has 0 aromatic heterocycles. The molecule has 8 aromatic rings. The summed E-state index contributed by atoms with van der Waals surface area (Å²) in [5.41, 5.74) is 11.4. The van der Waals surface area contributed by atoms with E-state index in [0.29, 0.717) is 0 Å². The van der Waals surface area contributed by atoms with Crippen LogP contribution in [0.25, 0.3) is 32.7 Å². The molecule has 3 aliphatic rings. The number of benzene rings is 8. The second-order valence-electron chi connectivity index (χ2n) is 14.4. The van der Waals surface area contributed by atoms with E-state index in [9.17, 15) is 0 Å². The van der Waals surface area contributed by atoms with Crippen LogP contribution in [0.15, 0.2) is 158 Å². The minimum absolute atomic E-state index is 0.0310. The molecule has 0 saturated heterocycles. The molecule has 0 fully saturated rings. The van der Waals surface area contributed by atoms with Gasteiger partial charge in [-0.15, -0.1) is 0 Å². The molecule has 0 bridgehead atoms. The highest BCUT2D eigenvalue weighted by atomic mass is 16.5. The third kappa shape index (κ3) is 3.96. The van der Waals surface area contributed by atoms with Crippen molar-refractivity contribution in [3.63, 3.8) is 0 Å². The average molecular weight is 654 g/mol. The predicted octanol–water partition coefficient (Wildman–Crippen LogP) is 10.5. The average Bonchev–Trinajstić information content (AvgIpc) is 3.40.